The average molecular weight is 277 g/mol. The zero-order chi connectivity index (χ0) is 14.7. The minimum absolute atomic E-state index is 0.349. The molecule has 0 fully saturated rings. The third-order valence-electron chi connectivity index (χ3n) is 2.65. The van der Waals surface area contributed by atoms with Crippen molar-refractivity contribution in [2.24, 2.45) is 0 Å². The predicted octanol–water partition coefficient (Wildman–Crippen LogP) is 2.68. The number of aromatic nitrogens is 1. The molecule has 104 valence electrons. The van der Waals surface area contributed by atoms with Gasteiger partial charge in [0.2, 0.25) is 0 Å². The van der Waals surface area contributed by atoms with Crippen molar-refractivity contribution in [1.29, 1.82) is 0 Å². The van der Waals surface area contributed by atoms with Gasteiger partial charge >= 0.3 is 0 Å². The molecule has 20 heavy (non-hydrogen) atoms. The van der Waals surface area contributed by atoms with Gasteiger partial charge in [-0.2, -0.15) is 0 Å². The number of anilines is 2. The molecule has 6 heteroatoms. The smallest absolute Gasteiger partial charge is 0.258 e. The van der Waals surface area contributed by atoms with Crippen LogP contribution >= 0.6 is 0 Å². The number of hydrogen-bond donors (Lipinski definition) is 1. The van der Waals surface area contributed by atoms with Crippen molar-refractivity contribution in [3.05, 3.63) is 53.7 Å². The highest BCUT2D eigenvalue weighted by Crippen LogP contribution is 2.22. The SMILES string of the molecule is CN(C)c1ncccc1NC(=O)c1cccc(F)c1F. The van der Waals surface area contributed by atoms with Crippen LogP contribution in [-0.2, 0) is 0 Å². The zero-order valence-corrected chi connectivity index (χ0v) is 11.0. The van der Waals surface area contributed by atoms with Crippen molar-refractivity contribution in [2.75, 3.05) is 24.3 Å². The normalized spacial score (nSPS) is 10.2. The fourth-order valence-electron chi connectivity index (χ4n) is 1.72. The van der Waals surface area contributed by atoms with Gasteiger partial charge in [0, 0.05) is 20.3 Å². The molecule has 0 unspecified atom stereocenters. The van der Waals surface area contributed by atoms with Gasteiger partial charge in [0.05, 0.1) is 11.3 Å². The molecule has 1 aromatic heterocycles. The molecule has 2 rings (SSSR count). The van der Waals surface area contributed by atoms with E-state index in [1.165, 1.54) is 12.1 Å². The summed E-state index contributed by atoms with van der Waals surface area (Å²) in [4.78, 5) is 17.8. The number of hydrogen-bond acceptors (Lipinski definition) is 3. The molecule has 0 atom stereocenters. The monoisotopic (exact) mass is 277 g/mol. The molecule has 0 aliphatic heterocycles. The minimum Gasteiger partial charge on any atom is -0.361 e. The standard InChI is InChI=1S/C14H13F2N3O/c1-19(2)13-11(7-4-8-17-13)18-14(20)9-5-3-6-10(15)12(9)16/h3-8H,1-2H3,(H,18,20). The lowest BCUT2D eigenvalue weighted by molar-refractivity contribution is 0.102. The highest BCUT2D eigenvalue weighted by Gasteiger charge is 2.16. The second-order valence-electron chi connectivity index (χ2n) is 4.32. The average Bonchev–Trinajstić information content (AvgIpc) is 2.42. The summed E-state index contributed by atoms with van der Waals surface area (Å²) in [5, 5.41) is 2.53. The van der Waals surface area contributed by atoms with Crippen molar-refractivity contribution in [2.45, 2.75) is 0 Å². The summed E-state index contributed by atoms with van der Waals surface area (Å²) < 4.78 is 26.7. The molecule has 1 aromatic carbocycles. The second-order valence-corrected chi connectivity index (χ2v) is 4.32. The molecule has 0 spiro atoms. The van der Waals surface area contributed by atoms with Gasteiger partial charge in [-0.05, 0) is 24.3 Å². The molecule has 1 N–H and O–H groups in total. The van der Waals surface area contributed by atoms with E-state index in [1.807, 2.05) is 0 Å². The van der Waals surface area contributed by atoms with Crippen molar-refractivity contribution < 1.29 is 13.6 Å². The Labute approximate surface area is 115 Å². The molecule has 1 heterocycles. The zero-order valence-electron chi connectivity index (χ0n) is 11.0. The molecular weight excluding hydrogens is 264 g/mol. The van der Waals surface area contributed by atoms with Gasteiger partial charge in [0.1, 0.15) is 0 Å². The maximum Gasteiger partial charge on any atom is 0.258 e. The van der Waals surface area contributed by atoms with Crippen molar-refractivity contribution in [3.63, 3.8) is 0 Å². The Hall–Kier alpha value is -2.50. The van der Waals surface area contributed by atoms with E-state index in [9.17, 15) is 13.6 Å². The number of pyridine rings is 1. The van der Waals surface area contributed by atoms with Crippen LogP contribution in [0.2, 0.25) is 0 Å². The maximum absolute atomic E-state index is 13.6. The summed E-state index contributed by atoms with van der Waals surface area (Å²) in [6.45, 7) is 0. The summed E-state index contributed by atoms with van der Waals surface area (Å²) in [7, 11) is 3.53. The number of halogens is 2. The molecule has 1 amide bonds. The Kier molecular flexibility index (Phi) is 3.93. The third-order valence-corrected chi connectivity index (χ3v) is 2.65. The highest BCUT2D eigenvalue weighted by atomic mass is 19.2. The first-order valence-corrected chi connectivity index (χ1v) is 5.88. The van der Waals surface area contributed by atoms with Gasteiger partial charge in [-0.1, -0.05) is 6.07 Å². The third kappa shape index (κ3) is 2.74. The Bertz CT molecular complexity index is 644. The largest absolute Gasteiger partial charge is 0.361 e. The topological polar surface area (TPSA) is 45.2 Å². The number of rotatable bonds is 3. The van der Waals surface area contributed by atoms with Crippen LogP contribution in [0.1, 0.15) is 10.4 Å². The van der Waals surface area contributed by atoms with Gasteiger partial charge in [0.15, 0.2) is 17.5 Å². The molecular formula is C14H13F2N3O. The fraction of sp³-hybridized carbons (Fsp3) is 0.143. The molecule has 2 aromatic rings. The van der Waals surface area contributed by atoms with E-state index in [2.05, 4.69) is 10.3 Å². The van der Waals surface area contributed by atoms with E-state index < -0.39 is 17.5 Å². The summed E-state index contributed by atoms with van der Waals surface area (Å²) in [6.07, 6.45) is 1.58. The Morgan fingerprint density at radius 3 is 2.65 bits per heavy atom. The number of nitrogens with one attached hydrogen (secondary N) is 1. The van der Waals surface area contributed by atoms with Gasteiger partial charge < -0.3 is 10.2 Å². The lowest BCUT2D eigenvalue weighted by atomic mass is 10.2. The summed E-state index contributed by atoms with van der Waals surface area (Å²) in [6, 6.07) is 6.74. The van der Waals surface area contributed by atoms with Gasteiger partial charge in [0.25, 0.3) is 5.91 Å². The number of carbonyl (C=O) groups is 1. The Morgan fingerprint density at radius 1 is 1.20 bits per heavy atom. The summed E-state index contributed by atoms with van der Waals surface area (Å²) in [5.41, 5.74) is 0.0738. The van der Waals surface area contributed by atoms with Gasteiger partial charge in [-0.3, -0.25) is 4.79 Å². The fourth-order valence-corrected chi connectivity index (χ4v) is 1.72. The van der Waals surface area contributed by atoms with Crippen LogP contribution in [0.25, 0.3) is 0 Å². The molecule has 0 radical (unpaired) electrons. The maximum atomic E-state index is 13.6. The van der Waals surface area contributed by atoms with E-state index in [0.717, 1.165) is 6.07 Å². The number of carbonyl (C=O) groups excluding carboxylic acids is 1. The van der Waals surface area contributed by atoms with Crippen LogP contribution in [0.4, 0.5) is 20.3 Å². The molecule has 0 bridgehead atoms. The quantitative estimate of drug-likeness (QED) is 0.938. The first-order valence-electron chi connectivity index (χ1n) is 5.88. The van der Waals surface area contributed by atoms with Crippen molar-refractivity contribution >= 4 is 17.4 Å². The Balaban J connectivity index is 2.31. The van der Waals surface area contributed by atoms with Gasteiger partial charge in [-0.15, -0.1) is 0 Å². The van der Waals surface area contributed by atoms with Gasteiger partial charge in [-0.25, -0.2) is 13.8 Å². The van der Waals surface area contributed by atoms with Crippen LogP contribution < -0.4 is 10.2 Å². The number of amides is 1. The van der Waals surface area contributed by atoms with Crippen LogP contribution in [0.15, 0.2) is 36.5 Å². The highest BCUT2D eigenvalue weighted by molar-refractivity contribution is 6.05. The molecule has 0 aliphatic rings. The number of benzene rings is 1. The van der Waals surface area contributed by atoms with Crippen LogP contribution in [0.5, 0.6) is 0 Å². The first-order chi connectivity index (χ1) is 9.50. The van der Waals surface area contributed by atoms with E-state index in [4.69, 9.17) is 0 Å². The number of nitrogens with zero attached hydrogens (tertiary/aromatic N) is 2. The summed E-state index contributed by atoms with van der Waals surface area (Å²) in [5.74, 6) is -2.42. The van der Waals surface area contributed by atoms with E-state index in [0.29, 0.717) is 11.5 Å². The van der Waals surface area contributed by atoms with Crippen molar-refractivity contribution in [3.8, 4) is 0 Å². The molecule has 0 saturated carbocycles. The van der Waals surface area contributed by atoms with E-state index in [-0.39, 0.29) is 5.56 Å². The minimum atomic E-state index is -1.17. The molecule has 4 nitrogen and oxygen atoms in total. The lowest BCUT2D eigenvalue weighted by Crippen LogP contribution is -2.18. The van der Waals surface area contributed by atoms with E-state index >= 15 is 0 Å². The first kappa shape index (κ1) is 13.9. The van der Waals surface area contributed by atoms with Crippen molar-refractivity contribution in [1.82, 2.24) is 4.98 Å². The predicted molar refractivity (Wildman–Crippen MR) is 72.9 cm³/mol. The van der Waals surface area contributed by atoms with Crippen LogP contribution in [0, 0.1) is 11.6 Å². The Morgan fingerprint density at radius 2 is 1.95 bits per heavy atom. The summed E-state index contributed by atoms with van der Waals surface area (Å²) >= 11 is 0. The molecule has 0 aliphatic carbocycles. The van der Waals surface area contributed by atoms with Crippen LogP contribution in [-0.4, -0.2) is 25.0 Å². The molecule has 0 saturated heterocycles. The van der Waals surface area contributed by atoms with Crippen LogP contribution in [0.3, 0.4) is 0 Å². The second kappa shape index (κ2) is 5.64. The van der Waals surface area contributed by atoms with E-state index in [1.54, 1.807) is 37.3 Å². The lowest BCUT2D eigenvalue weighted by Gasteiger charge is -2.16.